The molecule has 0 amide bonds. The summed E-state index contributed by atoms with van der Waals surface area (Å²) in [5.41, 5.74) is 1.14. The highest BCUT2D eigenvalue weighted by atomic mass is 16.5. The number of esters is 1. The van der Waals surface area contributed by atoms with Crippen LogP contribution in [0.3, 0.4) is 0 Å². The van der Waals surface area contributed by atoms with Crippen LogP contribution in [0.25, 0.3) is 0 Å². The smallest absolute Gasteiger partial charge is 0.358 e. The summed E-state index contributed by atoms with van der Waals surface area (Å²) in [4.78, 5) is 22.0. The van der Waals surface area contributed by atoms with E-state index in [0.29, 0.717) is 18.1 Å². The number of ether oxygens (including phenoxy) is 1. The summed E-state index contributed by atoms with van der Waals surface area (Å²) >= 11 is 0. The average Bonchev–Trinajstić information content (AvgIpc) is 3.23. The molecule has 0 radical (unpaired) electrons. The molecule has 0 aliphatic heterocycles. The summed E-state index contributed by atoms with van der Waals surface area (Å²) in [7, 11) is 1.29. The summed E-state index contributed by atoms with van der Waals surface area (Å²) in [6, 6.07) is 13.2. The Morgan fingerprint density at radius 1 is 1.23 bits per heavy atom. The van der Waals surface area contributed by atoms with Gasteiger partial charge >= 0.3 is 5.97 Å². The van der Waals surface area contributed by atoms with Gasteiger partial charge in [-0.25, -0.2) is 9.78 Å². The molecule has 26 heavy (non-hydrogen) atoms. The highest BCUT2D eigenvalue weighted by molar-refractivity contribution is 5.87. The van der Waals surface area contributed by atoms with E-state index in [2.05, 4.69) is 9.97 Å². The molecule has 7 heteroatoms. The van der Waals surface area contributed by atoms with Crippen molar-refractivity contribution in [1.82, 2.24) is 9.97 Å². The first-order valence-electron chi connectivity index (χ1n) is 8.08. The highest BCUT2D eigenvalue weighted by Crippen LogP contribution is 2.21. The predicted molar refractivity (Wildman–Crippen MR) is 94.5 cm³/mol. The van der Waals surface area contributed by atoms with E-state index in [4.69, 9.17) is 9.15 Å². The van der Waals surface area contributed by atoms with Gasteiger partial charge in [-0.15, -0.1) is 0 Å². The number of benzene rings is 1. The van der Waals surface area contributed by atoms with Gasteiger partial charge < -0.3 is 19.2 Å². The molecule has 0 saturated heterocycles. The Labute approximate surface area is 150 Å². The Morgan fingerprint density at radius 2 is 2.04 bits per heavy atom. The van der Waals surface area contributed by atoms with Crippen molar-refractivity contribution in [3.8, 4) is 0 Å². The lowest BCUT2D eigenvalue weighted by molar-refractivity contribution is 0.0593. The number of nitrogens with zero attached hydrogens (tertiary/aromatic N) is 3. The van der Waals surface area contributed by atoms with E-state index in [0.717, 1.165) is 5.56 Å². The van der Waals surface area contributed by atoms with Gasteiger partial charge in [0.1, 0.15) is 17.7 Å². The van der Waals surface area contributed by atoms with Crippen LogP contribution >= 0.6 is 0 Å². The molecular formula is C19H19N3O4. The second-order valence-electron chi connectivity index (χ2n) is 5.65. The van der Waals surface area contributed by atoms with E-state index >= 15 is 0 Å². The zero-order valence-corrected chi connectivity index (χ0v) is 14.3. The number of aromatic nitrogens is 2. The second-order valence-corrected chi connectivity index (χ2v) is 5.65. The minimum atomic E-state index is -0.850. The molecule has 1 atom stereocenters. The lowest BCUT2D eigenvalue weighted by atomic mass is 10.2. The maximum Gasteiger partial charge on any atom is 0.358 e. The van der Waals surface area contributed by atoms with E-state index < -0.39 is 12.1 Å². The van der Waals surface area contributed by atoms with Gasteiger partial charge in [0, 0.05) is 6.54 Å². The van der Waals surface area contributed by atoms with Crippen molar-refractivity contribution in [3.05, 3.63) is 78.1 Å². The molecule has 0 fully saturated rings. The van der Waals surface area contributed by atoms with E-state index in [1.165, 1.54) is 19.6 Å². The molecule has 0 spiro atoms. The molecule has 0 saturated carbocycles. The van der Waals surface area contributed by atoms with E-state index in [1.807, 2.05) is 35.2 Å². The fraction of sp³-hybridized carbons (Fsp3) is 0.211. The predicted octanol–water partition coefficient (Wildman–Crippen LogP) is 2.60. The van der Waals surface area contributed by atoms with Gasteiger partial charge in [0.25, 0.3) is 0 Å². The second kappa shape index (κ2) is 8.26. The van der Waals surface area contributed by atoms with Crippen molar-refractivity contribution in [2.24, 2.45) is 0 Å². The topological polar surface area (TPSA) is 88.7 Å². The first-order chi connectivity index (χ1) is 12.7. The Bertz CT molecular complexity index is 837. The van der Waals surface area contributed by atoms with E-state index in [9.17, 15) is 9.90 Å². The van der Waals surface area contributed by atoms with Gasteiger partial charge in [0.05, 0.1) is 32.3 Å². The lowest BCUT2D eigenvalue weighted by Gasteiger charge is -2.25. The minimum Gasteiger partial charge on any atom is -0.467 e. The standard InChI is InChI=1S/C19H19N3O4/c1-25-19(24)15-10-20-11-18(21-15)22(12-14-6-3-2-4-7-14)13-16(23)17-8-5-9-26-17/h2-11,16,23H,12-13H2,1H3. The minimum absolute atomic E-state index is 0.107. The SMILES string of the molecule is COC(=O)c1cncc(N(Cc2ccccc2)CC(O)c2ccco2)n1. The third-order valence-corrected chi connectivity index (χ3v) is 3.82. The number of carbonyl (C=O) groups excluding carboxylic acids is 1. The number of hydrogen-bond acceptors (Lipinski definition) is 7. The van der Waals surface area contributed by atoms with Gasteiger partial charge in [0.15, 0.2) is 5.69 Å². The van der Waals surface area contributed by atoms with E-state index in [1.54, 1.807) is 18.3 Å². The first kappa shape index (κ1) is 17.6. The molecule has 134 valence electrons. The van der Waals surface area contributed by atoms with Crippen molar-refractivity contribution < 1.29 is 19.1 Å². The summed E-state index contributed by atoms with van der Waals surface area (Å²) in [5.74, 6) is 0.355. The first-order valence-corrected chi connectivity index (χ1v) is 8.08. The Morgan fingerprint density at radius 3 is 2.73 bits per heavy atom. The quantitative estimate of drug-likeness (QED) is 0.653. The van der Waals surface area contributed by atoms with Crippen molar-refractivity contribution in [3.63, 3.8) is 0 Å². The highest BCUT2D eigenvalue weighted by Gasteiger charge is 2.19. The summed E-state index contributed by atoms with van der Waals surface area (Å²) in [6.45, 7) is 0.708. The largest absolute Gasteiger partial charge is 0.467 e. The molecule has 1 aromatic carbocycles. The van der Waals surface area contributed by atoms with Gasteiger partial charge in [-0.3, -0.25) is 4.98 Å². The Kier molecular flexibility index (Phi) is 5.60. The number of methoxy groups -OCH3 is 1. The lowest BCUT2D eigenvalue weighted by Crippen LogP contribution is -2.29. The van der Waals surface area contributed by atoms with Crippen LogP contribution in [-0.2, 0) is 11.3 Å². The number of anilines is 1. The van der Waals surface area contributed by atoms with Crippen LogP contribution < -0.4 is 4.90 Å². The number of carbonyl (C=O) groups is 1. The summed E-state index contributed by atoms with van der Waals surface area (Å²) in [5, 5.41) is 10.5. The Balaban J connectivity index is 1.88. The monoisotopic (exact) mass is 353 g/mol. The summed E-state index contributed by atoms with van der Waals surface area (Å²) in [6.07, 6.45) is 3.55. The fourth-order valence-corrected chi connectivity index (χ4v) is 2.53. The molecule has 3 aromatic rings. The molecule has 1 N–H and O–H groups in total. The van der Waals surface area contributed by atoms with Crippen LogP contribution in [0.15, 0.2) is 65.5 Å². The van der Waals surface area contributed by atoms with Gasteiger partial charge in [-0.05, 0) is 17.7 Å². The molecule has 2 heterocycles. The maximum atomic E-state index is 11.7. The number of hydrogen-bond donors (Lipinski definition) is 1. The Hall–Kier alpha value is -3.19. The van der Waals surface area contributed by atoms with Crippen LogP contribution in [0.5, 0.6) is 0 Å². The molecule has 0 aliphatic rings. The number of aliphatic hydroxyl groups is 1. The van der Waals surface area contributed by atoms with Crippen LogP contribution in [0.4, 0.5) is 5.82 Å². The zero-order chi connectivity index (χ0) is 18.4. The third-order valence-electron chi connectivity index (χ3n) is 3.82. The van der Waals surface area contributed by atoms with Crippen molar-refractivity contribution in [2.45, 2.75) is 12.6 Å². The molecule has 0 bridgehead atoms. The number of rotatable bonds is 7. The fourth-order valence-electron chi connectivity index (χ4n) is 2.53. The third kappa shape index (κ3) is 4.25. The zero-order valence-electron chi connectivity index (χ0n) is 14.3. The normalized spacial score (nSPS) is 11.8. The van der Waals surface area contributed by atoms with Gasteiger partial charge in [-0.2, -0.15) is 0 Å². The van der Waals surface area contributed by atoms with E-state index in [-0.39, 0.29) is 12.2 Å². The molecule has 3 rings (SSSR count). The van der Waals surface area contributed by atoms with Gasteiger partial charge in [0.2, 0.25) is 0 Å². The maximum absolute atomic E-state index is 11.7. The van der Waals surface area contributed by atoms with Crippen molar-refractivity contribution in [2.75, 3.05) is 18.6 Å². The van der Waals surface area contributed by atoms with Crippen LogP contribution in [0.2, 0.25) is 0 Å². The molecule has 1 unspecified atom stereocenters. The molecule has 7 nitrogen and oxygen atoms in total. The average molecular weight is 353 g/mol. The van der Waals surface area contributed by atoms with Crippen LogP contribution in [0, 0.1) is 0 Å². The van der Waals surface area contributed by atoms with Crippen molar-refractivity contribution >= 4 is 11.8 Å². The molecule has 0 aliphatic carbocycles. The molecule has 2 aromatic heterocycles. The number of furan rings is 1. The summed E-state index contributed by atoms with van der Waals surface area (Å²) < 4.78 is 9.98. The molecular weight excluding hydrogens is 334 g/mol. The van der Waals surface area contributed by atoms with Crippen molar-refractivity contribution in [1.29, 1.82) is 0 Å². The van der Waals surface area contributed by atoms with Gasteiger partial charge in [-0.1, -0.05) is 30.3 Å². The number of aliphatic hydroxyl groups excluding tert-OH is 1. The van der Waals surface area contributed by atoms with Crippen LogP contribution in [0.1, 0.15) is 27.9 Å². The van der Waals surface area contributed by atoms with Crippen LogP contribution in [-0.4, -0.2) is 34.7 Å².